The minimum absolute atomic E-state index is 0.132. The Balaban J connectivity index is 1.71. The summed E-state index contributed by atoms with van der Waals surface area (Å²) in [7, 11) is 4.78. The van der Waals surface area contributed by atoms with Crippen LogP contribution in [0.25, 0.3) is 0 Å². The number of methoxy groups -OCH3 is 1. The topological polar surface area (TPSA) is 108 Å². The number of hydrogen-bond acceptors (Lipinski definition) is 6. The third-order valence-corrected chi connectivity index (χ3v) is 5.30. The molecule has 0 aromatic heterocycles. The summed E-state index contributed by atoms with van der Waals surface area (Å²) in [5, 5.41) is 12.8. The van der Waals surface area contributed by atoms with E-state index in [1.807, 2.05) is 0 Å². The number of rotatable bonds is 7. The molecule has 0 saturated carbocycles. The molecule has 3 amide bonds. The minimum Gasteiger partial charge on any atom is -0.497 e. The van der Waals surface area contributed by atoms with E-state index in [1.165, 1.54) is 9.80 Å². The van der Waals surface area contributed by atoms with Gasteiger partial charge in [-0.1, -0.05) is 12.1 Å². The molecule has 32 heavy (non-hydrogen) atoms. The van der Waals surface area contributed by atoms with E-state index < -0.39 is 12.1 Å². The van der Waals surface area contributed by atoms with E-state index in [1.54, 1.807) is 69.7 Å². The summed E-state index contributed by atoms with van der Waals surface area (Å²) in [6.45, 7) is -0.669. The summed E-state index contributed by atoms with van der Waals surface area (Å²) in [6.07, 6.45) is -0.598. The Morgan fingerprint density at radius 3 is 2.38 bits per heavy atom. The van der Waals surface area contributed by atoms with Crippen LogP contribution in [0.5, 0.6) is 5.75 Å². The third-order valence-electron chi connectivity index (χ3n) is 5.30. The summed E-state index contributed by atoms with van der Waals surface area (Å²) < 4.78 is 10.8. The zero-order chi connectivity index (χ0) is 23.3. The molecular weight excluding hydrogens is 414 g/mol. The fraction of sp³-hybridized carbons (Fsp3) is 0.348. The number of carbonyl (C=O) groups excluding carboxylic acids is 3. The molecule has 2 N–H and O–H groups in total. The first-order valence-electron chi connectivity index (χ1n) is 10.1. The van der Waals surface area contributed by atoms with Crippen LogP contribution in [0.4, 0.5) is 5.69 Å². The van der Waals surface area contributed by atoms with Crippen LogP contribution < -0.4 is 10.1 Å². The number of benzene rings is 2. The highest BCUT2D eigenvalue weighted by Crippen LogP contribution is 2.30. The van der Waals surface area contributed by atoms with Gasteiger partial charge in [0.05, 0.1) is 19.8 Å². The molecule has 9 nitrogen and oxygen atoms in total. The number of nitrogens with zero attached hydrogens (tertiary/aromatic N) is 2. The maximum absolute atomic E-state index is 12.4. The number of aliphatic hydroxyl groups is 1. The number of nitrogens with one attached hydrogen (secondary N) is 1. The van der Waals surface area contributed by atoms with Gasteiger partial charge in [-0.25, -0.2) is 0 Å². The number of carbonyl (C=O) groups is 3. The van der Waals surface area contributed by atoms with Gasteiger partial charge in [0.15, 0.2) is 0 Å². The molecule has 1 fully saturated rings. The maximum Gasteiger partial charge on any atom is 0.255 e. The Hall–Kier alpha value is -3.43. The zero-order valence-corrected chi connectivity index (χ0v) is 18.3. The third kappa shape index (κ3) is 5.24. The summed E-state index contributed by atoms with van der Waals surface area (Å²) in [5.74, 6) is -0.189. The predicted octanol–water partition coefficient (Wildman–Crippen LogP) is 1.30. The van der Waals surface area contributed by atoms with Crippen molar-refractivity contribution in [3.8, 4) is 5.75 Å². The van der Waals surface area contributed by atoms with E-state index in [4.69, 9.17) is 9.47 Å². The molecule has 2 atom stereocenters. The molecule has 0 unspecified atom stereocenters. The summed E-state index contributed by atoms with van der Waals surface area (Å²) >= 11 is 0. The van der Waals surface area contributed by atoms with Gasteiger partial charge in [0, 0.05) is 25.3 Å². The highest BCUT2D eigenvalue weighted by Gasteiger charge is 2.38. The molecule has 2 aromatic rings. The number of anilines is 1. The minimum atomic E-state index is -0.695. The summed E-state index contributed by atoms with van der Waals surface area (Å²) in [6, 6.07) is 13.0. The van der Waals surface area contributed by atoms with Gasteiger partial charge < -0.3 is 29.7 Å². The number of amides is 3. The fourth-order valence-electron chi connectivity index (χ4n) is 3.41. The SMILES string of the molecule is COc1ccc(C(=O)Nc2ccc([C@H]3OCC(=O)N(CC(=O)N(C)C)[C@@H]3CO)cc2)cc1. The number of aliphatic hydroxyl groups excluding tert-OH is 1. The molecule has 0 bridgehead atoms. The normalized spacial score (nSPS) is 18.2. The van der Waals surface area contributed by atoms with Gasteiger partial charge in [-0.2, -0.15) is 0 Å². The van der Waals surface area contributed by atoms with E-state index in [2.05, 4.69) is 5.32 Å². The second-order valence-electron chi connectivity index (χ2n) is 7.60. The molecule has 1 saturated heterocycles. The van der Waals surface area contributed by atoms with Crippen LogP contribution in [0.3, 0.4) is 0 Å². The van der Waals surface area contributed by atoms with Crippen molar-refractivity contribution in [3.05, 3.63) is 59.7 Å². The average molecular weight is 441 g/mol. The number of hydrogen-bond donors (Lipinski definition) is 2. The van der Waals surface area contributed by atoms with Crippen LogP contribution >= 0.6 is 0 Å². The Bertz CT molecular complexity index is 959. The van der Waals surface area contributed by atoms with Crippen LogP contribution in [0.15, 0.2) is 48.5 Å². The van der Waals surface area contributed by atoms with Crippen molar-refractivity contribution in [2.24, 2.45) is 0 Å². The molecule has 1 aliphatic heterocycles. The van der Waals surface area contributed by atoms with Crippen LogP contribution in [-0.4, -0.2) is 79.6 Å². The predicted molar refractivity (Wildman–Crippen MR) is 117 cm³/mol. The van der Waals surface area contributed by atoms with E-state index >= 15 is 0 Å². The molecule has 9 heteroatoms. The first-order valence-corrected chi connectivity index (χ1v) is 10.1. The van der Waals surface area contributed by atoms with Gasteiger partial charge >= 0.3 is 0 Å². The Labute approximate surface area is 186 Å². The van der Waals surface area contributed by atoms with Crippen molar-refractivity contribution in [2.75, 3.05) is 46.3 Å². The van der Waals surface area contributed by atoms with E-state index in [9.17, 15) is 19.5 Å². The van der Waals surface area contributed by atoms with E-state index in [-0.39, 0.29) is 37.5 Å². The van der Waals surface area contributed by atoms with Crippen molar-refractivity contribution in [1.29, 1.82) is 0 Å². The summed E-state index contributed by atoms with van der Waals surface area (Å²) in [5.41, 5.74) is 1.80. The zero-order valence-electron chi connectivity index (χ0n) is 18.3. The van der Waals surface area contributed by atoms with Gasteiger partial charge in [-0.3, -0.25) is 14.4 Å². The second-order valence-corrected chi connectivity index (χ2v) is 7.60. The summed E-state index contributed by atoms with van der Waals surface area (Å²) in [4.78, 5) is 39.6. The highest BCUT2D eigenvalue weighted by molar-refractivity contribution is 6.04. The molecule has 2 aromatic carbocycles. The Morgan fingerprint density at radius 2 is 1.81 bits per heavy atom. The first kappa shape index (κ1) is 23.2. The van der Waals surface area contributed by atoms with Crippen molar-refractivity contribution in [3.63, 3.8) is 0 Å². The quantitative estimate of drug-likeness (QED) is 0.671. The first-order chi connectivity index (χ1) is 15.3. The van der Waals surface area contributed by atoms with Crippen LogP contribution in [0.2, 0.25) is 0 Å². The number of morpholine rings is 1. The Morgan fingerprint density at radius 1 is 1.16 bits per heavy atom. The van der Waals surface area contributed by atoms with Crippen LogP contribution in [0.1, 0.15) is 22.0 Å². The monoisotopic (exact) mass is 441 g/mol. The van der Waals surface area contributed by atoms with Gasteiger partial charge in [0.1, 0.15) is 25.0 Å². The largest absolute Gasteiger partial charge is 0.497 e. The van der Waals surface area contributed by atoms with Crippen molar-refractivity contribution in [1.82, 2.24) is 9.80 Å². The lowest BCUT2D eigenvalue weighted by molar-refractivity contribution is -0.164. The van der Waals surface area contributed by atoms with E-state index in [0.29, 0.717) is 17.0 Å². The molecule has 0 radical (unpaired) electrons. The second kappa shape index (κ2) is 10.3. The van der Waals surface area contributed by atoms with Crippen molar-refractivity contribution < 1.29 is 29.0 Å². The molecule has 170 valence electrons. The number of ether oxygens (including phenoxy) is 2. The molecule has 3 rings (SSSR count). The smallest absolute Gasteiger partial charge is 0.255 e. The van der Waals surface area contributed by atoms with Gasteiger partial charge in [0.2, 0.25) is 11.8 Å². The van der Waals surface area contributed by atoms with Crippen molar-refractivity contribution in [2.45, 2.75) is 12.1 Å². The van der Waals surface area contributed by atoms with Gasteiger partial charge in [-0.15, -0.1) is 0 Å². The fourth-order valence-corrected chi connectivity index (χ4v) is 3.41. The van der Waals surface area contributed by atoms with E-state index in [0.717, 1.165) is 5.56 Å². The van der Waals surface area contributed by atoms with Gasteiger partial charge in [0.25, 0.3) is 5.91 Å². The van der Waals surface area contributed by atoms with Crippen LogP contribution in [-0.2, 0) is 14.3 Å². The molecule has 1 heterocycles. The maximum atomic E-state index is 12.4. The van der Waals surface area contributed by atoms with Gasteiger partial charge in [-0.05, 0) is 42.0 Å². The molecule has 0 spiro atoms. The lowest BCUT2D eigenvalue weighted by Crippen LogP contribution is -2.55. The lowest BCUT2D eigenvalue weighted by Gasteiger charge is -2.40. The standard InChI is InChI=1S/C23H27N3O6/c1-25(2)20(28)12-26-19(13-27)22(32-14-21(26)29)15-4-8-17(9-5-15)24-23(30)16-6-10-18(31-3)11-7-16/h4-11,19,22,27H,12-14H2,1-3H3,(H,24,30)/t19-,22-/m1/s1. The molecule has 1 aliphatic rings. The van der Waals surface area contributed by atoms with Crippen molar-refractivity contribution >= 4 is 23.4 Å². The molecule has 0 aliphatic carbocycles. The molecular formula is C23H27N3O6. The highest BCUT2D eigenvalue weighted by atomic mass is 16.5. The Kier molecular flexibility index (Phi) is 7.45. The average Bonchev–Trinajstić information content (AvgIpc) is 2.80. The van der Waals surface area contributed by atoms with Crippen LogP contribution in [0, 0.1) is 0 Å². The number of likely N-dealkylation sites (N-methyl/N-ethyl adjacent to an activating group) is 1. The lowest BCUT2D eigenvalue weighted by atomic mass is 9.99.